The standard InChI is InChI=1S/C37H59N5O10S/c1-37(2,3)52-36(45)38-14-27-53-26-9-19-49-21-16-42(29-31-11-8-13-33(40-31)35(44)48-6)18-23-51-25-24-50-22-17-41(15-20-46-4)28-30-10-7-12-32(39-30)34(43)47-5/h7-8,10-13H,9,14-29H2,1-6H3,(H,38,45). The van der Waals surface area contributed by atoms with Crippen molar-refractivity contribution in [2.75, 3.05) is 112 Å². The normalized spacial score (nSPS) is 11.5. The van der Waals surface area contributed by atoms with Gasteiger partial charge in [-0.1, -0.05) is 12.1 Å². The first-order chi connectivity index (χ1) is 25.5. The number of rotatable bonds is 28. The highest BCUT2D eigenvalue weighted by molar-refractivity contribution is 7.99. The zero-order valence-electron chi connectivity index (χ0n) is 32.3. The predicted octanol–water partition coefficient (Wildman–Crippen LogP) is 3.70. The molecule has 2 heterocycles. The number of hydrogen-bond donors (Lipinski definition) is 1. The van der Waals surface area contributed by atoms with Crippen LogP contribution in [0.1, 0.15) is 59.6 Å². The summed E-state index contributed by atoms with van der Waals surface area (Å²) in [5.74, 6) is 0.779. The molecule has 2 rings (SSSR count). The number of nitrogens with zero attached hydrogens (tertiary/aromatic N) is 4. The number of nitrogens with one attached hydrogen (secondary N) is 1. The Morgan fingerprint density at radius 2 is 1.17 bits per heavy atom. The lowest BCUT2D eigenvalue weighted by atomic mass is 10.2. The van der Waals surface area contributed by atoms with E-state index in [4.69, 9.17) is 33.2 Å². The number of esters is 2. The molecule has 16 heteroatoms. The van der Waals surface area contributed by atoms with E-state index in [1.165, 1.54) is 14.2 Å². The van der Waals surface area contributed by atoms with Crippen molar-refractivity contribution in [1.82, 2.24) is 25.1 Å². The summed E-state index contributed by atoms with van der Waals surface area (Å²) in [5.41, 5.74) is 1.54. The van der Waals surface area contributed by atoms with E-state index in [-0.39, 0.29) is 11.4 Å². The second-order valence-corrected chi connectivity index (χ2v) is 14.0. The summed E-state index contributed by atoms with van der Waals surface area (Å²) < 4.78 is 37.8. The SMILES string of the molecule is COCCN(CCOCCOCCN(CCOCCCSCCNC(=O)OC(C)(C)C)Cc1cccc(C(=O)OC)n1)Cc1cccc(C(=O)OC)n1. The van der Waals surface area contributed by atoms with E-state index in [2.05, 4.69) is 25.1 Å². The number of amides is 1. The molecule has 2 aromatic rings. The lowest BCUT2D eigenvalue weighted by Gasteiger charge is -2.22. The quantitative estimate of drug-likeness (QED) is 0.0759. The van der Waals surface area contributed by atoms with Crippen molar-refractivity contribution in [3.63, 3.8) is 0 Å². The largest absolute Gasteiger partial charge is 0.464 e. The summed E-state index contributed by atoms with van der Waals surface area (Å²) in [6, 6.07) is 10.6. The number of methoxy groups -OCH3 is 3. The van der Waals surface area contributed by atoms with Gasteiger partial charge in [-0.05, 0) is 57.2 Å². The molecule has 0 saturated heterocycles. The predicted molar refractivity (Wildman–Crippen MR) is 202 cm³/mol. The Hall–Kier alpha value is -3.38. The van der Waals surface area contributed by atoms with Gasteiger partial charge >= 0.3 is 18.0 Å². The minimum Gasteiger partial charge on any atom is -0.464 e. The van der Waals surface area contributed by atoms with Gasteiger partial charge in [-0.15, -0.1) is 0 Å². The van der Waals surface area contributed by atoms with Crippen LogP contribution in [0, 0.1) is 0 Å². The minimum atomic E-state index is -0.506. The zero-order valence-corrected chi connectivity index (χ0v) is 33.1. The van der Waals surface area contributed by atoms with E-state index >= 15 is 0 Å². The summed E-state index contributed by atoms with van der Waals surface area (Å²) in [6.07, 6.45) is 0.497. The van der Waals surface area contributed by atoms with Gasteiger partial charge in [0, 0.05) is 65.3 Å². The van der Waals surface area contributed by atoms with E-state index in [0.29, 0.717) is 92.1 Å². The van der Waals surface area contributed by atoms with Crippen LogP contribution in [-0.4, -0.2) is 155 Å². The average Bonchev–Trinajstić information content (AvgIpc) is 3.14. The van der Waals surface area contributed by atoms with Gasteiger partial charge in [0.15, 0.2) is 0 Å². The highest BCUT2D eigenvalue weighted by Crippen LogP contribution is 2.09. The fraction of sp³-hybridized carbons (Fsp3) is 0.649. The van der Waals surface area contributed by atoms with Crippen LogP contribution in [0.25, 0.3) is 0 Å². The fourth-order valence-corrected chi connectivity index (χ4v) is 5.47. The van der Waals surface area contributed by atoms with Crippen molar-refractivity contribution in [2.45, 2.75) is 45.9 Å². The second kappa shape index (κ2) is 27.2. The molecular formula is C37H59N5O10S. The van der Waals surface area contributed by atoms with Gasteiger partial charge in [0.1, 0.15) is 17.0 Å². The number of carbonyl (C=O) groups is 3. The molecule has 0 spiro atoms. The third kappa shape index (κ3) is 21.8. The van der Waals surface area contributed by atoms with Crippen LogP contribution in [0.5, 0.6) is 0 Å². The number of hydrogen-bond acceptors (Lipinski definition) is 15. The minimum absolute atomic E-state index is 0.264. The Morgan fingerprint density at radius 3 is 1.64 bits per heavy atom. The van der Waals surface area contributed by atoms with Crippen LogP contribution in [-0.2, 0) is 46.2 Å². The summed E-state index contributed by atoms with van der Waals surface area (Å²) in [7, 11) is 4.33. The van der Waals surface area contributed by atoms with Crippen molar-refractivity contribution < 1.29 is 47.5 Å². The summed E-state index contributed by atoms with van der Waals surface area (Å²) in [6.45, 7) is 13.3. The third-order valence-electron chi connectivity index (χ3n) is 7.30. The smallest absolute Gasteiger partial charge is 0.407 e. The van der Waals surface area contributed by atoms with Gasteiger partial charge < -0.3 is 38.5 Å². The Balaban J connectivity index is 1.72. The monoisotopic (exact) mass is 765 g/mol. The van der Waals surface area contributed by atoms with Crippen molar-refractivity contribution in [3.8, 4) is 0 Å². The lowest BCUT2D eigenvalue weighted by molar-refractivity contribution is 0.0236. The summed E-state index contributed by atoms with van der Waals surface area (Å²) in [5, 5.41) is 2.77. The van der Waals surface area contributed by atoms with Crippen LogP contribution >= 0.6 is 11.8 Å². The molecule has 0 aliphatic heterocycles. The molecule has 1 N–H and O–H groups in total. The highest BCUT2D eigenvalue weighted by atomic mass is 32.2. The van der Waals surface area contributed by atoms with E-state index in [9.17, 15) is 14.4 Å². The second-order valence-electron chi connectivity index (χ2n) is 12.8. The van der Waals surface area contributed by atoms with Crippen LogP contribution in [0.2, 0.25) is 0 Å². The zero-order chi connectivity index (χ0) is 38.7. The van der Waals surface area contributed by atoms with Crippen molar-refractivity contribution >= 4 is 29.8 Å². The molecule has 0 bridgehead atoms. The molecule has 53 heavy (non-hydrogen) atoms. The Bertz CT molecular complexity index is 1330. The maximum Gasteiger partial charge on any atom is 0.407 e. The first kappa shape index (κ1) is 45.8. The lowest BCUT2D eigenvalue weighted by Crippen LogP contribution is -2.33. The average molecular weight is 766 g/mol. The molecule has 2 aromatic heterocycles. The third-order valence-corrected chi connectivity index (χ3v) is 8.38. The Labute approximate surface area is 318 Å². The molecule has 1 amide bonds. The first-order valence-corrected chi connectivity index (χ1v) is 19.0. The van der Waals surface area contributed by atoms with Crippen LogP contribution in [0.15, 0.2) is 36.4 Å². The molecule has 15 nitrogen and oxygen atoms in total. The summed E-state index contributed by atoms with van der Waals surface area (Å²) in [4.78, 5) is 48.8. The van der Waals surface area contributed by atoms with Crippen molar-refractivity contribution in [3.05, 3.63) is 59.2 Å². The molecular weight excluding hydrogens is 706 g/mol. The molecule has 0 aromatic carbocycles. The Kier molecular flexibility index (Phi) is 23.5. The van der Waals surface area contributed by atoms with Crippen LogP contribution < -0.4 is 5.32 Å². The molecule has 0 unspecified atom stereocenters. The van der Waals surface area contributed by atoms with Crippen molar-refractivity contribution in [1.29, 1.82) is 0 Å². The van der Waals surface area contributed by atoms with Gasteiger partial charge in [-0.3, -0.25) is 9.80 Å². The first-order valence-electron chi connectivity index (χ1n) is 17.8. The molecule has 0 aliphatic carbocycles. The highest BCUT2D eigenvalue weighted by Gasteiger charge is 2.16. The molecule has 0 radical (unpaired) electrons. The topological polar surface area (TPSA) is 160 Å². The van der Waals surface area contributed by atoms with Crippen LogP contribution in [0.4, 0.5) is 4.79 Å². The fourth-order valence-electron chi connectivity index (χ4n) is 4.70. The molecule has 0 fully saturated rings. The number of thioether (sulfide) groups is 1. The van der Waals surface area contributed by atoms with Gasteiger partial charge in [0.2, 0.25) is 0 Å². The van der Waals surface area contributed by atoms with E-state index < -0.39 is 23.6 Å². The number of aromatic nitrogens is 2. The number of pyridine rings is 2. The molecule has 298 valence electrons. The molecule has 0 aliphatic rings. The van der Waals surface area contributed by atoms with E-state index in [1.807, 2.05) is 32.9 Å². The number of carbonyl (C=O) groups excluding carboxylic acids is 3. The van der Waals surface area contributed by atoms with E-state index in [1.54, 1.807) is 43.1 Å². The Morgan fingerprint density at radius 1 is 0.679 bits per heavy atom. The van der Waals surface area contributed by atoms with Crippen molar-refractivity contribution in [2.24, 2.45) is 0 Å². The van der Waals surface area contributed by atoms with Gasteiger partial charge in [-0.25, -0.2) is 24.4 Å². The summed E-state index contributed by atoms with van der Waals surface area (Å²) >= 11 is 1.75. The number of alkyl carbamates (subject to hydrolysis) is 1. The number of ether oxygens (including phenoxy) is 7. The maximum atomic E-state index is 12.0. The molecule has 0 atom stereocenters. The van der Waals surface area contributed by atoms with E-state index in [0.717, 1.165) is 29.3 Å². The van der Waals surface area contributed by atoms with Gasteiger partial charge in [0.05, 0.1) is 65.2 Å². The van der Waals surface area contributed by atoms with Gasteiger partial charge in [-0.2, -0.15) is 11.8 Å². The van der Waals surface area contributed by atoms with Gasteiger partial charge in [0.25, 0.3) is 0 Å². The molecule has 0 saturated carbocycles. The maximum absolute atomic E-state index is 12.0. The van der Waals surface area contributed by atoms with Crippen LogP contribution in [0.3, 0.4) is 0 Å².